The highest BCUT2D eigenvalue weighted by molar-refractivity contribution is 5.56. The van der Waals surface area contributed by atoms with Gasteiger partial charge in [-0.05, 0) is 94.1 Å². The maximum Gasteiger partial charge on any atom is 0.0455 e. The van der Waals surface area contributed by atoms with Gasteiger partial charge in [0.15, 0.2) is 0 Å². The molecule has 2 aliphatic rings. The van der Waals surface area contributed by atoms with Crippen LogP contribution in [0.4, 0.5) is 0 Å². The Morgan fingerprint density at radius 2 is 1.89 bits per heavy atom. The Labute approximate surface area is 170 Å². The van der Waals surface area contributed by atoms with Gasteiger partial charge in [0.05, 0.1) is 0 Å². The summed E-state index contributed by atoms with van der Waals surface area (Å²) in [5.41, 5.74) is 12.0. The van der Waals surface area contributed by atoms with Crippen LogP contribution in [0, 0.1) is 11.8 Å². The first-order chi connectivity index (χ1) is 13.5. The van der Waals surface area contributed by atoms with Gasteiger partial charge in [0, 0.05) is 23.5 Å². The van der Waals surface area contributed by atoms with Gasteiger partial charge in [-0.25, -0.2) is 0 Å². The quantitative estimate of drug-likeness (QED) is 0.791. The lowest BCUT2D eigenvalue weighted by molar-refractivity contribution is 0.0671. The van der Waals surface area contributed by atoms with Crippen molar-refractivity contribution < 1.29 is 0 Å². The van der Waals surface area contributed by atoms with E-state index in [-0.39, 0.29) is 11.6 Å². The standard InChI is InChI=1S/C25H35N3/c1-18(26)15-21-17-27-24-10-9-20(16-23(21)24)19-11-13-25(14-12-19,28(2)3)22-7-5-4-6-8-22/h4-10,17-20,27H,11-16,26H2,1-3H3/t18-,19?,20?,25?/m0/s1. The number of benzene rings is 1. The zero-order chi connectivity index (χ0) is 19.7. The van der Waals surface area contributed by atoms with Gasteiger partial charge in [0.2, 0.25) is 0 Å². The fraction of sp³-hybridized carbons (Fsp3) is 0.520. The van der Waals surface area contributed by atoms with Gasteiger partial charge < -0.3 is 10.7 Å². The van der Waals surface area contributed by atoms with E-state index in [9.17, 15) is 0 Å². The van der Waals surface area contributed by atoms with Crippen LogP contribution in [-0.2, 0) is 18.4 Å². The molecular weight excluding hydrogens is 342 g/mol. The van der Waals surface area contributed by atoms with Crippen LogP contribution in [0.2, 0.25) is 0 Å². The molecule has 1 heterocycles. The summed E-state index contributed by atoms with van der Waals surface area (Å²) < 4.78 is 0. The van der Waals surface area contributed by atoms with E-state index in [4.69, 9.17) is 5.73 Å². The van der Waals surface area contributed by atoms with Crippen molar-refractivity contribution in [2.75, 3.05) is 14.1 Å². The molecule has 0 bridgehead atoms. The van der Waals surface area contributed by atoms with E-state index in [0.29, 0.717) is 5.92 Å². The maximum atomic E-state index is 6.07. The molecular formula is C25H35N3. The molecule has 0 amide bonds. The molecule has 150 valence electrons. The molecule has 3 N–H and O–H groups in total. The maximum absolute atomic E-state index is 6.07. The number of allylic oxidation sites excluding steroid dienone is 1. The van der Waals surface area contributed by atoms with Crippen molar-refractivity contribution in [3.63, 3.8) is 0 Å². The van der Waals surface area contributed by atoms with Crippen LogP contribution >= 0.6 is 0 Å². The number of nitrogens with one attached hydrogen (secondary N) is 1. The summed E-state index contributed by atoms with van der Waals surface area (Å²) >= 11 is 0. The molecule has 4 rings (SSSR count). The van der Waals surface area contributed by atoms with Crippen molar-refractivity contribution in [3.05, 3.63) is 65.0 Å². The number of rotatable bonds is 5. The summed E-state index contributed by atoms with van der Waals surface area (Å²) in [7, 11) is 4.50. The topological polar surface area (TPSA) is 45.1 Å². The van der Waals surface area contributed by atoms with Gasteiger partial charge in [-0.2, -0.15) is 0 Å². The Bertz CT molecular complexity index is 808. The van der Waals surface area contributed by atoms with Crippen molar-refractivity contribution in [2.45, 2.75) is 57.0 Å². The highest BCUT2D eigenvalue weighted by Crippen LogP contribution is 2.46. The molecule has 28 heavy (non-hydrogen) atoms. The predicted molar refractivity (Wildman–Crippen MR) is 118 cm³/mol. The van der Waals surface area contributed by atoms with Crippen molar-refractivity contribution in [3.8, 4) is 0 Å². The largest absolute Gasteiger partial charge is 0.361 e. The van der Waals surface area contributed by atoms with Crippen molar-refractivity contribution in [1.29, 1.82) is 0 Å². The lowest BCUT2D eigenvalue weighted by atomic mass is 9.67. The fourth-order valence-corrected chi connectivity index (χ4v) is 5.57. The Morgan fingerprint density at radius 1 is 1.18 bits per heavy atom. The number of nitrogens with two attached hydrogens (primary N) is 1. The third-order valence-corrected chi connectivity index (χ3v) is 7.24. The first-order valence-electron chi connectivity index (χ1n) is 10.9. The van der Waals surface area contributed by atoms with Crippen LogP contribution in [0.15, 0.2) is 42.6 Å². The van der Waals surface area contributed by atoms with Gasteiger partial charge in [-0.15, -0.1) is 0 Å². The minimum Gasteiger partial charge on any atom is -0.361 e. The minimum absolute atomic E-state index is 0.190. The van der Waals surface area contributed by atoms with Crippen molar-refractivity contribution >= 4 is 6.08 Å². The summed E-state index contributed by atoms with van der Waals surface area (Å²) in [5, 5.41) is 0. The van der Waals surface area contributed by atoms with Gasteiger partial charge in [-0.1, -0.05) is 36.4 Å². The molecule has 3 heteroatoms. The molecule has 0 saturated heterocycles. The van der Waals surface area contributed by atoms with Crippen LogP contribution in [-0.4, -0.2) is 30.0 Å². The minimum atomic E-state index is 0.190. The molecule has 1 aromatic carbocycles. The van der Waals surface area contributed by atoms with Crippen LogP contribution in [0.5, 0.6) is 0 Å². The number of H-pyrrole nitrogens is 1. The summed E-state index contributed by atoms with van der Waals surface area (Å²) in [6, 6.07) is 11.3. The zero-order valence-corrected chi connectivity index (χ0v) is 17.6. The third kappa shape index (κ3) is 3.58. The number of aromatic nitrogens is 1. The summed E-state index contributed by atoms with van der Waals surface area (Å²) in [6.45, 7) is 2.10. The molecule has 0 spiro atoms. The van der Waals surface area contributed by atoms with Gasteiger partial charge in [-0.3, -0.25) is 4.90 Å². The lowest BCUT2D eigenvalue weighted by Crippen LogP contribution is -2.45. The second kappa shape index (κ2) is 7.88. The van der Waals surface area contributed by atoms with Crippen LogP contribution in [0.1, 0.15) is 55.0 Å². The summed E-state index contributed by atoms with van der Waals surface area (Å²) in [5.74, 6) is 1.44. The third-order valence-electron chi connectivity index (χ3n) is 7.24. The molecule has 1 aromatic heterocycles. The molecule has 2 aliphatic carbocycles. The highest BCUT2D eigenvalue weighted by atomic mass is 15.1. The second-order valence-corrected chi connectivity index (χ2v) is 9.24. The molecule has 1 fully saturated rings. The molecule has 3 nitrogen and oxygen atoms in total. The van der Waals surface area contributed by atoms with E-state index in [2.05, 4.69) is 79.6 Å². The highest BCUT2D eigenvalue weighted by Gasteiger charge is 2.40. The number of fused-ring (bicyclic) bond motifs is 1. The van der Waals surface area contributed by atoms with E-state index in [0.717, 1.165) is 12.3 Å². The molecule has 0 aliphatic heterocycles. The van der Waals surface area contributed by atoms with Gasteiger partial charge >= 0.3 is 0 Å². The average molecular weight is 378 g/mol. The van der Waals surface area contributed by atoms with Crippen LogP contribution in [0.3, 0.4) is 0 Å². The Hall–Kier alpha value is -1.84. The lowest BCUT2D eigenvalue weighted by Gasteiger charge is -2.47. The number of aromatic amines is 1. The van der Waals surface area contributed by atoms with E-state index >= 15 is 0 Å². The second-order valence-electron chi connectivity index (χ2n) is 9.24. The smallest absolute Gasteiger partial charge is 0.0455 e. The SMILES string of the molecule is C[C@H](N)Cc1c[nH]c2c1CC(C1CCC(c3ccccc3)(N(C)C)CC1)C=C2. The molecule has 1 saturated carbocycles. The van der Waals surface area contributed by atoms with Crippen molar-refractivity contribution in [1.82, 2.24) is 9.88 Å². The van der Waals surface area contributed by atoms with Gasteiger partial charge in [0.1, 0.15) is 0 Å². The molecule has 0 radical (unpaired) electrons. The monoisotopic (exact) mass is 377 g/mol. The van der Waals surface area contributed by atoms with E-state index < -0.39 is 0 Å². The number of hydrogen-bond acceptors (Lipinski definition) is 2. The summed E-state index contributed by atoms with van der Waals surface area (Å²) in [6.07, 6.45) is 14.2. The van der Waals surface area contributed by atoms with E-state index in [1.165, 1.54) is 54.5 Å². The normalized spacial score (nSPS) is 28.3. The van der Waals surface area contributed by atoms with Crippen molar-refractivity contribution in [2.24, 2.45) is 17.6 Å². The van der Waals surface area contributed by atoms with Crippen LogP contribution in [0.25, 0.3) is 6.08 Å². The number of hydrogen-bond donors (Lipinski definition) is 2. The van der Waals surface area contributed by atoms with E-state index in [1.807, 2.05) is 0 Å². The first-order valence-corrected chi connectivity index (χ1v) is 10.9. The zero-order valence-electron chi connectivity index (χ0n) is 17.6. The fourth-order valence-electron chi connectivity index (χ4n) is 5.57. The predicted octanol–water partition coefficient (Wildman–Crippen LogP) is 4.74. The Balaban J connectivity index is 1.48. The van der Waals surface area contributed by atoms with E-state index in [1.54, 1.807) is 0 Å². The molecule has 1 unspecified atom stereocenters. The summed E-state index contributed by atoms with van der Waals surface area (Å²) in [4.78, 5) is 5.91. The Kier molecular flexibility index (Phi) is 5.48. The molecule has 2 atom stereocenters. The Morgan fingerprint density at radius 3 is 2.54 bits per heavy atom. The van der Waals surface area contributed by atoms with Gasteiger partial charge in [0.25, 0.3) is 0 Å². The first kappa shape index (κ1) is 19.5. The number of nitrogens with zero attached hydrogens (tertiary/aromatic N) is 1. The molecule has 2 aromatic rings. The van der Waals surface area contributed by atoms with Crippen LogP contribution < -0.4 is 5.73 Å². The average Bonchev–Trinajstić information content (AvgIpc) is 3.10.